The van der Waals surface area contributed by atoms with Crippen LogP contribution < -0.4 is 9.64 Å². The van der Waals surface area contributed by atoms with Gasteiger partial charge in [0.05, 0.1) is 18.9 Å². The molecule has 7 heteroatoms. The quantitative estimate of drug-likeness (QED) is 0.471. The van der Waals surface area contributed by atoms with Crippen LogP contribution in [0.5, 0.6) is 11.5 Å². The number of amides is 2. The van der Waals surface area contributed by atoms with Crippen molar-refractivity contribution in [1.29, 1.82) is 0 Å². The Kier molecular flexibility index (Phi) is 6.38. The highest BCUT2D eigenvalue weighted by atomic mass is 32.2. The Hall–Kier alpha value is -3.55. The molecule has 0 aliphatic carbocycles. The fourth-order valence-corrected chi connectivity index (χ4v) is 4.90. The molecule has 1 saturated heterocycles. The van der Waals surface area contributed by atoms with Gasteiger partial charge in [0, 0.05) is 18.0 Å². The molecule has 2 aliphatic rings. The number of para-hydroxylation sites is 1. The predicted octanol–water partition coefficient (Wildman–Crippen LogP) is 5.00. The van der Waals surface area contributed by atoms with Crippen LogP contribution in [0.3, 0.4) is 0 Å². The summed E-state index contributed by atoms with van der Waals surface area (Å²) >= 11 is 1.34. The number of imide groups is 1. The second-order valence-corrected chi connectivity index (χ2v) is 9.13. The van der Waals surface area contributed by atoms with Crippen molar-refractivity contribution < 1.29 is 19.1 Å². The highest BCUT2D eigenvalue weighted by Crippen LogP contribution is 2.39. The van der Waals surface area contributed by atoms with E-state index in [1.807, 2.05) is 66.4 Å². The predicted molar refractivity (Wildman–Crippen MR) is 132 cm³/mol. The van der Waals surface area contributed by atoms with E-state index < -0.39 is 0 Å². The lowest BCUT2D eigenvalue weighted by atomic mass is 10.2. The molecule has 2 heterocycles. The fourth-order valence-electron chi connectivity index (χ4n) is 3.90. The molecule has 6 nitrogen and oxygen atoms in total. The van der Waals surface area contributed by atoms with Gasteiger partial charge in [-0.2, -0.15) is 0 Å². The van der Waals surface area contributed by atoms with Gasteiger partial charge >= 0.3 is 0 Å². The third kappa shape index (κ3) is 4.58. The zero-order chi connectivity index (χ0) is 23.5. The number of morpholine rings is 1. The van der Waals surface area contributed by atoms with Crippen molar-refractivity contribution in [2.45, 2.75) is 11.8 Å². The highest BCUT2D eigenvalue weighted by Gasteiger charge is 2.42. The number of rotatable bonds is 6. The van der Waals surface area contributed by atoms with E-state index in [4.69, 9.17) is 9.47 Å². The first-order valence-corrected chi connectivity index (χ1v) is 11.9. The molecule has 1 fully saturated rings. The summed E-state index contributed by atoms with van der Waals surface area (Å²) < 4.78 is 11.3. The van der Waals surface area contributed by atoms with Gasteiger partial charge in [-0.1, -0.05) is 47.7 Å². The molecule has 3 aromatic carbocycles. The smallest absolute Gasteiger partial charge is 0.283 e. The summed E-state index contributed by atoms with van der Waals surface area (Å²) in [5.74, 6) is 0.730. The first-order chi connectivity index (χ1) is 16.6. The molecule has 34 heavy (non-hydrogen) atoms. The van der Waals surface area contributed by atoms with Crippen LogP contribution in [0.25, 0.3) is 0 Å². The van der Waals surface area contributed by atoms with Crippen LogP contribution in [-0.2, 0) is 14.3 Å². The number of benzene rings is 3. The summed E-state index contributed by atoms with van der Waals surface area (Å²) in [4.78, 5) is 31.7. The Labute approximate surface area is 202 Å². The maximum Gasteiger partial charge on any atom is 0.283 e. The molecule has 172 valence electrons. The Morgan fingerprint density at radius 1 is 0.794 bits per heavy atom. The summed E-state index contributed by atoms with van der Waals surface area (Å²) in [5, 5.41) is 0. The summed E-state index contributed by atoms with van der Waals surface area (Å²) in [6.07, 6.45) is 0. The Morgan fingerprint density at radius 3 is 2.12 bits per heavy atom. The van der Waals surface area contributed by atoms with Crippen LogP contribution in [-0.4, -0.2) is 43.0 Å². The van der Waals surface area contributed by atoms with Gasteiger partial charge < -0.3 is 14.4 Å². The number of ether oxygens (including phenoxy) is 2. The third-order valence-corrected chi connectivity index (χ3v) is 6.74. The Bertz CT molecular complexity index is 1220. The third-order valence-electron chi connectivity index (χ3n) is 5.66. The molecule has 2 aliphatic heterocycles. The first-order valence-electron chi connectivity index (χ1n) is 11.1. The normalized spacial score (nSPS) is 16.4. The molecule has 0 unspecified atom stereocenters. The minimum atomic E-state index is -0.311. The number of nitrogens with zero attached hydrogens (tertiary/aromatic N) is 2. The zero-order valence-electron chi connectivity index (χ0n) is 18.8. The van der Waals surface area contributed by atoms with Gasteiger partial charge in [0.1, 0.15) is 22.1 Å². The van der Waals surface area contributed by atoms with Gasteiger partial charge in [-0.15, -0.1) is 0 Å². The topological polar surface area (TPSA) is 59.1 Å². The van der Waals surface area contributed by atoms with Crippen molar-refractivity contribution in [3.8, 4) is 11.5 Å². The Morgan fingerprint density at radius 2 is 1.44 bits per heavy atom. The molecule has 0 N–H and O–H groups in total. The standard InChI is InChI=1S/C27H24N2O4S/c1-19-7-13-23(14-8-19)34-25-24(28-15-17-32-18-16-28)26(30)29(27(25)31)20-9-11-22(12-10-20)33-21-5-3-2-4-6-21/h2-14H,15-18H2,1H3. The van der Waals surface area contributed by atoms with Crippen molar-refractivity contribution in [3.63, 3.8) is 0 Å². The average molecular weight is 473 g/mol. The zero-order valence-corrected chi connectivity index (χ0v) is 19.6. The molecule has 0 radical (unpaired) electrons. The van der Waals surface area contributed by atoms with Crippen LogP contribution in [0.4, 0.5) is 5.69 Å². The van der Waals surface area contributed by atoms with Crippen LogP contribution in [0.15, 0.2) is 94.4 Å². The number of hydrogen-bond acceptors (Lipinski definition) is 6. The van der Waals surface area contributed by atoms with Gasteiger partial charge in [-0.25, -0.2) is 4.90 Å². The van der Waals surface area contributed by atoms with Gasteiger partial charge in [0.2, 0.25) is 0 Å². The SMILES string of the molecule is Cc1ccc(SC2=C(N3CCOCC3)C(=O)N(c3ccc(Oc4ccccc4)cc3)C2=O)cc1. The molecule has 0 spiro atoms. The van der Waals surface area contributed by atoms with E-state index >= 15 is 0 Å². The molecule has 0 saturated carbocycles. The van der Waals surface area contributed by atoms with Gasteiger partial charge in [0.15, 0.2) is 0 Å². The van der Waals surface area contributed by atoms with E-state index in [0.29, 0.717) is 48.3 Å². The monoisotopic (exact) mass is 472 g/mol. The van der Waals surface area contributed by atoms with E-state index in [2.05, 4.69) is 0 Å². The van der Waals surface area contributed by atoms with E-state index in [1.165, 1.54) is 16.7 Å². The van der Waals surface area contributed by atoms with Crippen LogP contribution >= 0.6 is 11.8 Å². The molecule has 5 rings (SSSR count). The van der Waals surface area contributed by atoms with Crippen LogP contribution in [0.1, 0.15) is 5.56 Å². The van der Waals surface area contributed by atoms with E-state index in [0.717, 1.165) is 16.2 Å². The summed E-state index contributed by atoms with van der Waals surface area (Å²) in [7, 11) is 0. The fraction of sp³-hybridized carbons (Fsp3) is 0.185. The van der Waals surface area contributed by atoms with Gasteiger partial charge in [-0.05, 0) is 55.5 Å². The summed E-state index contributed by atoms with van der Waals surface area (Å²) in [6, 6.07) is 24.4. The average Bonchev–Trinajstić information content (AvgIpc) is 3.11. The van der Waals surface area contributed by atoms with Crippen molar-refractivity contribution in [2.24, 2.45) is 0 Å². The first kappa shape index (κ1) is 22.3. The number of carbonyl (C=O) groups is 2. The second-order valence-electron chi connectivity index (χ2n) is 8.05. The lowest BCUT2D eigenvalue weighted by Gasteiger charge is -2.29. The maximum atomic E-state index is 13.6. The van der Waals surface area contributed by atoms with Crippen molar-refractivity contribution >= 4 is 29.3 Å². The number of thioether (sulfide) groups is 1. The maximum absolute atomic E-state index is 13.6. The van der Waals surface area contributed by atoms with Crippen molar-refractivity contribution in [2.75, 3.05) is 31.2 Å². The molecule has 2 amide bonds. The molecule has 0 atom stereocenters. The molecule has 0 aromatic heterocycles. The lowest BCUT2D eigenvalue weighted by molar-refractivity contribution is -0.121. The molecule has 3 aromatic rings. The second kappa shape index (κ2) is 9.75. The minimum Gasteiger partial charge on any atom is -0.457 e. The number of carbonyl (C=O) groups excluding carboxylic acids is 2. The molecular formula is C27H24N2O4S. The van der Waals surface area contributed by atoms with Crippen LogP contribution in [0, 0.1) is 6.92 Å². The van der Waals surface area contributed by atoms with Gasteiger partial charge in [0.25, 0.3) is 11.8 Å². The van der Waals surface area contributed by atoms with Crippen molar-refractivity contribution in [3.05, 3.63) is 95.0 Å². The van der Waals surface area contributed by atoms with Gasteiger partial charge in [-0.3, -0.25) is 9.59 Å². The Balaban J connectivity index is 1.43. The summed E-state index contributed by atoms with van der Waals surface area (Å²) in [5.41, 5.74) is 2.10. The van der Waals surface area contributed by atoms with Crippen molar-refractivity contribution in [1.82, 2.24) is 4.90 Å². The highest BCUT2D eigenvalue weighted by molar-refractivity contribution is 8.04. The van der Waals surface area contributed by atoms with Crippen LogP contribution in [0.2, 0.25) is 0 Å². The largest absolute Gasteiger partial charge is 0.457 e. The number of hydrogen-bond donors (Lipinski definition) is 0. The van der Waals surface area contributed by atoms with E-state index in [-0.39, 0.29) is 11.8 Å². The number of aryl methyl sites for hydroxylation is 1. The molecular weight excluding hydrogens is 448 g/mol. The molecule has 0 bridgehead atoms. The summed E-state index contributed by atoms with van der Waals surface area (Å²) in [6.45, 7) is 4.22. The lowest BCUT2D eigenvalue weighted by Crippen LogP contribution is -2.40. The number of anilines is 1. The minimum absolute atomic E-state index is 0.307. The van der Waals surface area contributed by atoms with E-state index in [9.17, 15) is 9.59 Å². The van der Waals surface area contributed by atoms with E-state index in [1.54, 1.807) is 24.3 Å².